The number of aromatic carboxylic acids is 1. The van der Waals surface area contributed by atoms with E-state index in [0.29, 0.717) is 17.9 Å². The summed E-state index contributed by atoms with van der Waals surface area (Å²) < 4.78 is 0. The van der Waals surface area contributed by atoms with Crippen molar-refractivity contribution in [3.8, 4) is 0 Å². The van der Waals surface area contributed by atoms with Gasteiger partial charge in [0.1, 0.15) is 0 Å². The number of aliphatic hydroxyl groups excluding tert-OH is 1. The molecule has 22 heavy (non-hydrogen) atoms. The SMILES string of the molecule is CC(O)c1ccc(Cc2ccccc2C(=O)O)cc1C1CC1. The van der Waals surface area contributed by atoms with Crippen molar-refractivity contribution in [2.75, 3.05) is 0 Å². The molecule has 0 radical (unpaired) electrons. The minimum absolute atomic E-state index is 0.357. The van der Waals surface area contributed by atoms with Crippen LogP contribution < -0.4 is 0 Å². The number of hydrogen-bond acceptors (Lipinski definition) is 2. The van der Waals surface area contributed by atoms with Gasteiger partial charge in [-0.3, -0.25) is 0 Å². The van der Waals surface area contributed by atoms with Crippen molar-refractivity contribution in [1.82, 2.24) is 0 Å². The largest absolute Gasteiger partial charge is 0.478 e. The van der Waals surface area contributed by atoms with Crippen LogP contribution in [0.4, 0.5) is 0 Å². The quantitative estimate of drug-likeness (QED) is 0.879. The van der Waals surface area contributed by atoms with Crippen molar-refractivity contribution in [1.29, 1.82) is 0 Å². The first-order valence-corrected chi connectivity index (χ1v) is 7.68. The Kier molecular flexibility index (Phi) is 3.99. The van der Waals surface area contributed by atoms with Crippen LogP contribution in [0.5, 0.6) is 0 Å². The molecule has 0 spiro atoms. The number of rotatable bonds is 5. The van der Waals surface area contributed by atoms with Gasteiger partial charge in [0.05, 0.1) is 11.7 Å². The first-order chi connectivity index (χ1) is 10.6. The molecular weight excluding hydrogens is 276 g/mol. The zero-order valence-corrected chi connectivity index (χ0v) is 12.6. The number of carboxylic acids is 1. The lowest BCUT2D eigenvalue weighted by atomic mass is 9.93. The van der Waals surface area contributed by atoms with E-state index in [4.69, 9.17) is 0 Å². The van der Waals surface area contributed by atoms with Crippen LogP contribution in [0.2, 0.25) is 0 Å². The van der Waals surface area contributed by atoms with Gasteiger partial charge in [-0.1, -0.05) is 36.4 Å². The third-order valence-corrected chi connectivity index (χ3v) is 4.26. The standard InChI is InChI=1S/C19H20O3/c1-12(20)16-9-6-13(11-18(16)14-7-8-14)10-15-4-2-3-5-17(15)19(21)22/h2-6,9,11-12,14,20H,7-8,10H2,1H3,(H,21,22). The van der Waals surface area contributed by atoms with Gasteiger partial charge in [0, 0.05) is 0 Å². The molecule has 0 aromatic heterocycles. The Hall–Kier alpha value is -2.13. The maximum absolute atomic E-state index is 11.3. The lowest BCUT2D eigenvalue weighted by molar-refractivity contribution is 0.0696. The molecule has 1 fully saturated rings. The van der Waals surface area contributed by atoms with E-state index < -0.39 is 12.1 Å². The van der Waals surface area contributed by atoms with E-state index >= 15 is 0 Å². The monoisotopic (exact) mass is 296 g/mol. The van der Waals surface area contributed by atoms with E-state index in [1.807, 2.05) is 24.3 Å². The summed E-state index contributed by atoms with van der Waals surface area (Å²) in [5.74, 6) is -0.335. The molecule has 3 nitrogen and oxygen atoms in total. The van der Waals surface area contributed by atoms with Gasteiger partial charge in [-0.2, -0.15) is 0 Å². The molecule has 1 aliphatic rings. The summed E-state index contributed by atoms with van der Waals surface area (Å²) in [6.45, 7) is 1.79. The average Bonchev–Trinajstić information content (AvgIpc) is 3.32. The molecule has 0 heterocycles. The third-order valence-electron chi connectivity index (χ3n) is 4.26. The minimum Gasteiger partial charge on any atom is -0.478 e. The Morgan fingerprint density at radius 2 is 1.95 bits per heavy atom. The molecule has 0 amide bonds. The number of aliphatic hydroxyl groups is 1. The molecule has 1 atom stereocenters. The van der Waals surface area contributed by atoms with Gasteiger partial charge in [-0.15, -0.1) is 0 Å². The van der Waals surface area contributed by atoms with Crippen LogP contribution >= 0.6 is 0 Å². The van der Waals surface area contributed by atoms with Crippen molar-refractivity contribution in [2.24, 2.45) is 0 Å². The van der Waals surface area contributed by atoms with Gasteiger partial charge in [0.15, 0.2) is 0 Å². The lowest BCUT2D eigenvalue weighted by Gasteiger charge is -2.14. The van der Waals surface area contributed by atoms with Crippen molar-refractivity contribution < 1.29 is 15.0 Å². The van der Waals surface area contributed by atoms with Crippen molar-refractivity contribution >= 4 is 5.97 Å². The first kappa shape index (κ1) is 14.8. The highest BCUT2D eigenvalue weighted by molar-refractivity contribution is 5.89. The minimum atomic E-state index is -0.890. The van der Waals surface area contributed by atoms with Gasteiger partial charge in [0.2, 0.25) is 0 Å². The Balaban J connectivity index is 1.93. The zero-order chi connectivity index (χ0) is 15.7. The van der Waals surface area contributed by atoms with E-state index in [1.165, 1.54) is 18.4 Å². The van der Waals surface area contributed by atoms with Gasteiger partial charge >= 0.3 is 5.97 Å². The summed E-state index contributed by atoms with van der Waals surface area (Å²) in [5, 5.41) is 19.2. The van der Waals surface area contributed by atoms with Crippen molar-refractivity contribution in [2.45, 2.75) is 38.2 Å². The highest BCUT2D eigenvalue weighted by atomic mass is 16.4. The van der Waals surface area contributed by atoms with Crippen molar-refractivity contribution in [3.05, 3.63) is 70.3 Å². The van der Waals surface area contributed by atoms with Crippen LogP contribution in [0.3, 0.4) is 0 Å². The average molecular weight is 296 g/mol. The van der Waals surface area contributed by atoms with Crippen LogP contribution in [0.25, 0.3) is 0 Å². The highest BCUT2D eigenvalue weighted by Crippen LogP contribution is 2.43. The summed E-state index contributed by atoms with van der Waals surface area (Å²) in [5.41, 5.74) is 4.50. The maximum atomic E-state index is 11.3. The van der Waals surface area contributed by atoms with Gasteiger partial charge in [0.25, 0.3) is 0 Å². The maximum Gasteiger partial charge on any atom is 0.335 e. The van der Waals surface area contributed by atoms with Crippen LogP contribution in [0, 0.1) is 0 Å². The molecule has 2 aromatic rings. The Labute approximate surface area is 130 Å². The molecule has 114 valence electrons. The molecular formula is C19H20O3. The first-order valence-electron chi connectivity index (χ1n) is 7.68. The summed E-state index contributed by atoms with van der Waals surface area (Å²) >= 11 is 0. The Morgan fingerprint density at radius 3 is 2.59 bits per heavy atom. The Bertz CT molecular complexity index is 700. The number of carboxylic acid groups (broad SMARTS) is 1. The fourth-order valence-electron chi connectivity index (χ4n) is 2.97. The molecule has 2 aromatic carbocycles. The summed E-state index contributed by atoms with van der Waals surface area (Å²) in [4.78, 5) is 11.3. The van der Waals surface area contributed by atoms with E-state index in [1.54, 1.807) is 19.1 Å². The second-order valence-corrected chi connectivity index (χ2v) is 6.05. The smallest absolute Gasteiger partial charge is 0.335 e. The molecule has 2 N–H and O–H groups in total. The van der Waals surface area contributed by atoms with E-state index in [2.05, 4.69) is 6.07 Å². The Morgan fingerprint density at radius 1 is 1.23 bits per heavy atom. The molecule has 0 bridgehead atoms. The molecule has 3 heteroatoms. The van der Waals surface area contributed by atoms with Crippen molar-refractivity contribution in [3.63, 3.8) is 0 Å². The normalized spacial score (nSPS) is 15.5. The van der Waals surface area contributed by atoms with Gasteiger partial charge in [-0.25, -0.2) is 4.79 Å². The van der Waals surface area contributed by atoms with Crippen LogP contribution in [0.1, 0.15) is 64.4 Å². The fourth-order valence-corrected chi connectivity index (χ4v) is 2.97. The molecule has 0 saturated heterocycles. The zero-order valence-electron chi connectivity index (χ0n) is 12.6. The van der Waals surface area contributed by atoms with E-state index in [9.17, 15) is 15.0 Å². The van der Waals surface area contributed by atoms with Gasteiger partial charge in [-0.05, 0) is 60.4 Å². The summed E-state index contributed by atoms with van der Waals surface area (Å²) in [7, 11) is 0. The highest BCUT2D eigenvalue weighted by Gasteiger charge is 2.27. The molecule has 1 unspecified atom stereocenters. The summed E-state index contributed by atoms with van der Waals surface area (Å²) in [6, 6.07) is 13.2. The molecule has 3 rings (SSSR count). The summed E-state index contributed by atoms with van der Waals surface area (Å²) in [6.07, 6.45) is 2.49. The fraction of sp³-hybridized carbons (Fsp3) is 0.316. The van der Waals surface area contributed by atoms with Crippen LogP contribution in [-0.4, -0.2) is 16.2 Å². The van der Waals surface area contributed by atoms with Gasteiger partial charge < -0.3 is 10.2 Å². The number of carbonyl (C=O) groups is 1. The van der Waals surface area contributed by atoms with E-state index in [-0.39, 0.29) is 0 Å². The number of benzene rings is 2. The molecule has 1 saturated carbocycles. The predicted octanol–water partition coefficient (Wildman–Crippen LogP) is 3.91. The van der Waals surface area contributed by atoms with Crippen LogP contribution in [0.15, 0.2) is 42.5 Å². The third kappa shape index (κ3) is 3.04. The lowest BCUT2D eigenvalue weighted by Crippen LogP contribution is -2.04. The molecule has 0 aliphatic heterocycles. The topological polar surface area (TPSA) is 57.5 Å². The van der Waals surface area contributed by atoms with Crippen LogP contribution in [-0.2, 0) is 6.42 Å². The second-order valence-electron chi connectivity index (χ2n) is 6.05. The number of hydrogen-bond donors (Lipinski definition) is 2. The molecule has 1 aliphatic carbocycles. The van der Waals surface area contributed by atoms with E-state index in [0.717, 1.165) is 16.7 Å². The predicted molar refractivity (Wildman–Crippen MR) is 85.3 cm³/mol. The second kappa shape index (κ2) is 5.93.